The van der Waals surface area contributed by atoms with Crippen LogP contribution in [0.1, 0.15) is 5.56 Å². The van der Waals surface area contributed by atoms with Crippen molar-refractivity contribution in [2.45, 2.75) is 6.92 Å². The van der Waals surface area contributed by atoms with E-state index in [9.17, 15) is 0 Å². The van der Waals surface area contributed by atoms with Gasteiger partial charge in [0.25, 0.3) is 0 Å². The average molecular weight is 242 g/mol. The summed E-state index contributed by atoms with van der Waals surface area (Å²) < 4.78 is 18.3. The molecule has 13 heavy (non-hydrogen) atoms. The van der Waals surface area contributed by atoms with Crippen molar-refractivity contribution in [3.8, 4) is 0 Å². The summed E-state index contributed by atoms with van der Waals surface area (Å²) in [6.07, 6.45) is 0. The first-order valence-corrected chi connectivity index (χ1v) is 6.39. The Morgan fingerprint density at radius 3 is 1.69 bits per heavy atom. The summed E-state index contributed by atoms with van der Waals surface area (Å²) in [4.78, 5) is 0. The molecule has 0 spiro atoms. The highest BCUT2D eigenvalue weighted by molar-refractivity contribution is 8.31. The van der Waals surface area contributed by atoms with Gasteiger partial charge in [0.05, 0.1) is 0 Å². The van der Waals surface area contributed by atoms with Crippen molar-refractivity contribution in [2.75, 3.05) is 5.73 Å². The number of nitrogen functional groups attached to an aromatic ring is 1. The molecule has 0 aromatic heterocycles. The molecule has 0 amide bonds. The van der Waals surface area contributed by atoms with Crippen molar-refractivity contribution in [3.05, 3.63) is 29.8 Å². The second kappa shape index (κ2) is 5.32. The van der Waals surface area contributed by atoms with Crippen LogP contribution in [0.15, 0.2) is 24.3 Å². The number of hydrogen-bond donors (Lipinski definition) is 1. The van der Waals surface area contributed by atoms with Gasteiger partial charge in [-0.15, -0.1) is 0 Å². The van der Waals surface area contributed by atoms with Crippen LogP contribution in [0.3, 0.4) is 0 Å². The highest BCUT2D eigenvalue weighted by Gasteiger charge is 1.88. The van der Waals surface area contributed by atoms with E-state index >= 15 is 0 Å². The molecule has 2 N–H and O–H groups in total. The van der Waals surface area contributed by atoms with Crippen LogP contribution >= 0.6 is 21.4 Å². The Labute approximate surface area is 86.4 Å². The molecule has 0 aliphatic carbocycles. The normalized spacial score (nSPS) is 10.1. The van der Waals surface area contributed by atoms with Gasteiger partial charge in [-0.25, -0.2) is 0 Å². The zero-order valence-electron chi connectivity index (χ0n) is 6.87. The molecule has 1 rings (SSSR count). The highest BCUT2D eigenvalue weighted by Crippen LogP contribution is 2.02. The molecule has 0 saturated carbocycles. The van der Waals surface area contributed by atoms with E-state index in [4.69, 9.17) is 14.2 Å². The van der Waals surface area contributed by atoms with Gasteiger partial charge in [-0.05, 0) is 19.1 Å². The summed E-state index contributed by atoms with van der Waals surface area (Å²) in [5.41, 5.74) is 7.51. The number of benzene rings is 1. The molecule has 0 atom stereocenters. The molecule has 0 radical (unpaired) electrons. The molecule has 0 bridgehead atoms. The van der Waals surface area contributed by atoms with E-state index in [1.165, 1.54) is 5.56 Å². The van der Waals surface area contributed by atoms with Crippen LogP contribution in [0.2, 0.25) is 0 Å². The molecular formula is C7H9Cl2NO2S. The quantitative estimate of drug-likeness (QED) is 0.560. The Hall–Kier alpha value is -0.450. The van der Waals surface area contributed by atoms with Crippen molar-refractivity contribution in [1.82, 2.24) is 0 Å². The van der Waals surface area contributed by atoms with E-state index in [1.54, 1.807) is 0 Å². The lowest BCUT2D eigenvalue weighted by molar-refractivity contribution is 0.621. The molecule has 0 fully saturated rings. The van der Waals surface area contributed by atoms with Gasteiger partial charge in [0.2, 0.25) is 0 Å². The summed E-state index contributed by atoms with van der Waals surface area (Å²) in [7, 11) is 4.81. The fourth-order valence-corrected chi connectivity index (χ4v) is 0.566. The lowest BCUT2D eigenvalue weighted by Crippen LogP contribution is -1.81. The van der Waals surface area contributed by atoms with E-state index in [-0.39, 0.29) is 0 Å². The predicted octanol–water partition coefficient (Wildman–Crippen LogP) is 2.29. The summed E-state index contributed by atoms with van der Waals surface area (Å²) in [5, 5.41) is 0. The summed E-state index contributed by atoms with van der Waals surface area (Å²) >= 11 is 0. The van der Waals surface area contributed by atoms with Gasteiger partial charge in [0.15, 0.2) is 0 Å². The molecule has 1 aromatic rings. The zero-order chi connectivity index (χ0) is 10.5. The van der Waals surface area contributed by atoms with E-state index in [0.717, 1.165) is 5.69 Å². The second-order valence-corrected chi connectivity index (χ2v) is 5.96. The molecule has 1 aromatic carbocycles. The lowest BCUT2D eigenvalue weighted by Gasteiger charge is -1.90. The van der Waals surface area contributed by atoms with Gasteiger partial charge < -0.3 is 5.73 Å². The number of halogens is 2. The predicted molar refractivity (Wildman–Crippen MR) is 56.2 cm³/mol. The Morgan fingerprint density at radius 1 is 1.15 bits per heavy atom. The molecule has 0 unspecified atom stereocenters. The average Bonchev–Trinajstić information content (AvgIpc) is 1.92. The number of aryl methyl sites for hydroxylation is 1. The molecule has 0 aliphatic heterocycles. The van der Waals surface area contributed by atoms with Gasteiger partial charge in [0.1, 0.15) is 0 Å². The van der Waals surface area contributed by atoms with Crippen LogP contribution in [0, 0.1) is 6.92 Å². The van der Waals surface area contributed by atoms with Crippen LogP contribution in [0.5, 0.6) is 0 Å². The standard InChI is InChI=1S/C7H9N.Cl2O2S/c1-6-2-4-7(8)5-3-6;1-5(2,3)4/h2-5H,8H2,1H3;. The zero-order valence-corrected chi connectivity index (χ0v) is 9.20. The van der Waals surface area contributed by atoms with E-state index < -0.39 is 8.26 Å². The molecule has 0 aliphatic rings. The third-order valence-corrected chi connectivity index (χ3v) is 1.08. The van der Waals surface area contributed by atoms with E-state index in [0.29, 0.717) is 0 Å². The number of nitrogens with two attached hydrogens (primary N) is 1. The molecule has 74 valence electrons. The number of rotatable bonds is 0. The first-order chi connectivity index (χ1) is 5.79. The minimum atomic E-state index is -3.72. The molecule has 3 nitrogen and oxygen atoms in total. The first kappa shape index (κ1) is 12.6. The van der Waals surface area contributed by atoms with Gasteiger partial charge in [-0.3, -0.25) is 0 Å². The third-order valence-electron chi connectivity index (χ3n) is 1.08. The van der Waals surface area contributed by atoms with Crippen molar-refractivity contribution in [1.29, 1.82) is 0 Å². The van der Waals surface area contributed by atoms with Crippen molar-refractivity contribution in [3.63, 3.8) is 0 Å². The molecule has 6 heteroatoms. The highest BCUT2D eigenvalue weighted by atomic mass is 36.0. The first-order valence-electron chi connectivity index (χ1n) is 3.25. The van der Waals surface area contributed by atoms with Crippen LogP contribution in [0.4, 0.5) is 5.69 Å². The monoisotopic (exact) mass is 241 g/mol. The summed E-state index contributed by atoms with van der Waals surface area (Å²) in [6, 6.07) is 7.79. The van der Waals surface area contributed by atoms with Crippen molar-refractivity contribution >= 4 is 35.3 Å². The van der Waals surface area contributed by atoms with Gasteiger partial charge in [-0.2, -0.15) is 8.42 Å². The Kier molecular flexibility index (Phi) is 5.13. The SMILES string of the molecule is Cc1ccc(N)cc1.O=S(=O)(Cl)Cl. The molecular weight excluding hydrogens is 233 g/mol. The topological polar surface area (TPSA) is 60.2 Å². The lowest BCUT2D eigenvalue weighted by atomic mass is 10.2. The fourth-order valence-electron chi connectivity index (χ4n) is 0.566. The summed E-state index contributed by atoms with van der Waals surface area (Å²) in [5.74, 6) is 0. The minimum absolute atomic E-state index is 0.829. The van der Waals surface area contributed by atoms with Crippen molar-refractivity contribution in [2.24, 2.45) is 0 Å². The van der Waals surface area contributed by atoms with E-state index in [2.05, 4.69) is 21.4 Å². The third kappa shape index (κ3) is 11.5. The summed E-state index contributed by atoms with van der Waals surface area (Å²) in [6.45, 7) is 2.04. The van der Waals surface area contributed by atoms with Crippen LogP contribution in [0.25, 0.3) is 0 Å². The Bertz CT molecular complexity index is 318. The van der Waals surface area contributed by atoms with Crippen molar-refractivity contribution < 1.29 is 8.42 Å². The Morgan fingerprint density at radius 2 is 1.46 bits per heavy atom. The maximum absolute atomic E-state index is 9.16. The van der Waals surface area contributed by atoms with Gasteiger partial charge in [0, 0.05) is 27.1 Å². The van der Waals surface area contributed by atoms with Gasteiger partial charge in [-0.1, -0.05) is 17.7 Å². The maximum atomic E-state index is 9.16. The molecule has 0 saturated heterocycles. The van der Waals surface area contributed by atoms with E-state index in [1.807, 2.05) is 31.2 Å². The van der Waals surface area contributed by atoms with Crippen LogP contribution in [-0.4, -0.2) is 8.42 Å². The maximum Gasteiger partial charge on any atom is 0.317 e. The second-order valence-electron chi connectivity index (χ2n) is 2.29. The smallest absolute Gasteiger partial charge is 0.317 e. The Balaban J connectivity index is 0.000000252. The van der Waals surface area contributed by atoms with Crippen LogP contribution < -0.4 is 5.73 Å². The number of hydrogen-bond acceptors (Lipinski definition) is 3. The number of anilines is 1. The van der Waals surface area contributed by atoms with Gasteiger partial charge >= 0.3 is 8.26 Å². The largest absolute Gasteiger partial charge is 0.399 e. The fraction of sp³-hybridized carbons (Fsp3) is 0.143. The molecule has 0 heterocycles. The minimum Gasteiger partial charge on any atom is -0.399 e. The van der Waals surface area contributed by atoms with Crippen LogP contribution in [-0.2, 0) is 8.26 Å².